The van der Waals surface area contributed by atoms with Crippen LogP contribution in [-0.2, 0) is 6.42 Å². The number of hydrogen-bond donors (Lipinski definition) is 0. The molecule has 1 aromatic heterocycles. The summed E-state index contributed by atoms with van der Waals surface area (Å²) < 4.78 is 6.94. The molecule has 0 saturated heterocycles. The van der Waals surface area contributed by atoms with Gasteiger partial charge < -0.3 is 4.43 Å². The van der Waals surface area contributed by atoms with Crippen LogP contribution in [0.25, 0.3) is 33.2 Å². The summed E-state index contributed by atoms with van der Waals surface area (Å²) in [4.78, 5) is 4.91. The second-order valence-corrected chi connectivity index (χ2v) is 21.6. The normalized spacial score (nSPS) is 14.9. The van der Waals surface area contributed by atoms with Crippen molar-refractivity contribution >= 4 is 37.5 Å². The van der Waals surface area contributed by atoms with E-state index in [0.717, 1.165) is 23.4 Å². The Bertz CT molecular complexity index is 1440. The van der Waals surface area contributed by atoms with Crippen LogP contribution in [0.2, 0.25) is 32.7 Å². The largest absolute Gasteiger partial charge is 0.538 e. The Morgan fingerprint density at radius 3 is 2.34 bits per heavy atom. The highest BCUT2D eigenvalue weighted by Gasteiger charge is 2.38. The van der Waals surface area contributed by atoms with Gasteiger partial charge in [-0.25, -0.2) is 0 Å². The van der Waals surface area contributed by atoms with E-state index in [2.05, 4.69) is 114 Å². The SMILES string of the molecule is CC(C)(C)Cc1ccc2c(c1)[Si](C)(C)Oc1c-2ccnc1-c1cc([Si](C)(C)C)c2ccccc2c1. The molecule has 0 spiro atoms. The summed E-state index contributed by atoms with van der Waals surface area (Å²) in [7, 11) is -3.74. The molecule has 3 aromatic carbocycles. The van der Waals surface area contributed by atoms with E-state index in [9.17, 15) is 0 Å². The molecule has 1 aliphatic rings. The first-order valence-electron chi connectivity index (χ1n) is 12.7. The number of rotatable bonds is 3. The van der Waals surface area contributed by atoms with E-state index >= 15 is 0 Å². The molecule has 0 atom stereocenters. The van der Waals surface area contributed by atoms with Gasteiger partial charge in [-0.2, -0.15) is 0 Å². The maximum atomic E-state index is 6.94. The van der Waals surface area contributed by atoms with E-state index in [1.54, 1.807) is 0 Å². The van der Waals surface area contributed by atoms with Crippen LogP contribution in [0.4, 0.5) is 0 Å². The Morgan fingerprint density at radius 2 is 1.63 bits per heavy atom. The molecule has 1 aliphatic heterocycles. The zero-order valence-corrected chi connectivity index (χ0v) is 24.4. The average molecular weight is 496 g/mol. The van der Waals surface area contributed by atoms with Gasteiger partial charge in [-0.15, -0.1) is 0 Å². The van der Waals surface area contributed by atoms with E-state index in [-0.39, 0.29) is 5.41 Å². The number of nitrogens with zero attached hydrogens (tertiary/aromatic N) is 1. The van der Waals surface area contributed by atoms with Gasteiger partial charge in [-0.1, -0.05) is 94.1 Å². The third-order valence-corrected chi connectivity index (χ3v) is 11.4. The van der Waals surface area contributed by atoms with Gasteiger partial charge in [0, 0.05) is 17.3 Å². The highest BCUT2D eigenvalue weighted by Crippen LogP contribution is 2.42. The van der Waals surface area contributed by atoms with E-state index in [1.165, 1.54) is 37.8 Å². The number of hydrogen-bond acceptors (Lipinski definition) is 2. The Labute approximate surface area is 212 Å². The van der Waals surface area contributed by atoms with E-state index in [4.69, 9.17) is 9.41 Å². The molecule has 4 heteroatoms. The lowest BCUT2D eigenvalue weighted by molar-refractivity contribution is 0.411. The number of aromatic nitrogens is 1. The van der Waals surface area contributed by atoms with Crippen molar-refractivity contribution in [1.82, 2.24) is 4.98 Å². The zero-order chi connectivity index (χ0) is 25.2. The Kier molecular flexibility index (Phi) is 5.61. The lowest BCUT2D eigenvalue weighted by atomic mass is 9.87. The highest BCUT2D eigenvalue weighted by atomic mass is 28.4. The minimum Gasteiger partial charge on any atom is -0.538 e. The minimum absolute atomic E-state index is 0.259. The van der Waals surface area contributed by atoms with Crippen LogP contribution in [0.1, 0.15) is 26.3 Å². The molecule has 0 amide bonds. The number of benzene rings is 3. The average Bonchev–Trinajstić information content (AvgIpc) is 2.76. The van der Waals surface area contributed by atoms with Crippen molar-refractivity contribution in [2.75, 3.05) is 0 Å². The number of fused-ring (bicyclic) bond motifs is 4. The smallest absolute Gasteiger partial charge is 0.277 e. The fourth-order valence-electron chi connectivity index (χ4n) is 5.39. The number of pyridine rings is 1. The standard InChI is InChI=1S/C31H37NOSi2/c1-31(2,3)20-21-13-14-25-26-15-16-32-29(30(26)33-35(7,8)28(25)17-21)23-18-22-11-9-10-12-24(22)27(19-23)34(4,5)6/h9-19H,20H2,1-8H3. The fraction of sp³-hybridized carbons (Fsp3) is 0.323. The molecule has 0 bridgehead atoms. The topological polar surface area (TPSA) is 22.1 Å². The summed E-state index contributed by atoms with van der Waals surface area (Å²) >= 11 is 0. The zero-order valence-electron chi connectivity index (χ0n) is 22.4. The molecule has 35 heavy (non-hydrogen) atoms. The van der Waals surface area contributed by atoms with Crippen LogP contribution in [-0.4, -0.2) is 21.4 Å². The van der Waals surface area contributed by atoms with Gasteiger partial charge in [-0.3, -0.25) is 4.98 Å². The summed E-state index contributed by atoms with van der Waals surface area (Å²) in [5.74, 6) is 0.956. The summed E-state index contributed by atoms with van der Waals surface area (Å²) in [6.45, 7) is 18.8. The van der Waals surface area contributed by atoms with Crippen molar-refractivity contribution in [3.8, 4) is 28.1 Å². The molecule has 2 nitrogen and oxygen atoms in total. The fourth-order valence-corrected chi connectivity index (χ4v) is 9.24. The molecule has 0 fully saturated rings. The lowest BCUT2D eigenvalue weighted by Crippen LogP contribution is -2.51. The molecule has 180 valence electrons. The van der Waals surface area contributed by atoms with Gasteiger partial charge in [-0.05, 0) is 64.1 Å². The third-order valence-electron chi connectivity index (χ3n) is 6.96. The summed E-state index contributed by atoms with van der Waals surface area (Å²) in [6, 6.07) is 22.6. The van der Waals surface area contributed by atoms with Crippen molar-refractivity contribution in [2.24, 2.45) is 5.41 Å². The van der Waals surface area contributed by atoms with Crippen molar-refractivity contribution in [3.63, 3.8) is 0 Å². The molecule has 4 aromatic rings. The molecule has 0 aliphatic carbocycles. The third kappa shape index (κ3) is 4.50. The van der Waals surface area contributed by atoms with Gasteiger partial charge in [0.1, 0.15) is 11.4 Å². The van der Waals surface area contributed by atoms with Crippen LogP contribution in [0, 0.1) is 5.41 Å². The Hall–Kier alpha value is -2.70. The van der Waals surface area contributed by atoms with Gasteiger partial charge in [0.15, 0.2) is 0 Å². The first kappa shape index (κ1) is 24.0. The van der Waals surface area contributed by atoms with Crippen molar-refractivity contribution in [2.45, 2.75) is 59.9 Å². The summed E-state index contributed by atoms with van der Waals surface area (Å²) in [6.07, 6.45) is 3.02. The van der Waals surface area contributed by atoms with Crippen LogP contribution >= 0.6 is 0 Å². The predicted molar refractivity (Wildman–Crippen MR) is 156 cm³/mol. The van der Waals surface area contributed by atoms with Gasteiger partial charge in [0.2, 0.25) is 0 Å². The van der Waals surface area contributed by atoms with Crippen LogP contribution < -0.4 is 14.8 Å². The predicted octanol–water partition coefficient (Wildman–Crippen LogP) is 7.51. The molecular weight excluding hydrogens is 459 g/mol. The van der Waals surface area contributed by atoms with Crippen LogP contribution in [0.5, 0.6) is 5.75 Å². The summed E-state index contributed by atoms with van der Waals surface area (Å²) in [5.41, 5.74) is 6.27. The van der Waals surface area contributed by atoms with Crippen molar-refractivity contribution in [1.29, 1.82) is 0 Å². The van der Waals surface area contributed by atoms with E-state index in [1.807, 2.05) is 6.20 Å². The van der Waals surface area contributed by atoms with Gasteiger partial charge in [0.25, 0.3) is 8.32 Å². The second-order valence-electron chi connectivity index (χ2n) is 12.8. The maximum absolute atomic E-state index is 6.94. The monoisotopic (exact) mass is 495 g/mol. The van der Waals surface area contributed by atoms with Crippen molar-refractivity contribution < 1.29 is 4.43 Å². The quantitative estimate of drug-likeness (QED) is 0.274. The molecule has 2 heterocycles. The molecule has 0 saturated carbocycles. The van der Waals surface area contributed by atoms with Crippen molar-refractivity contribution in [3.05, 3.63) is 72.4 Å². The first-order chi connectivity index (χ1) is 16.3. The lowest BCUT2D eigenvalue weighted by Gasteiger charge is -2.35. The molecule has 0 N–H and O–H groups in total. The summed E-state index contributed by atoms with van der Waals surface area (Å²) in [5, 5.41) is 5.52. The van der Waals surface area contributed by atoms with E-state index in [0.29, 0.717) is 0 Å². The molecular formula is C31H37NOSi2. The van der Waals surface area contributed by atoms with E-state index < -0.39 is 16.4 Å². The second kappa shape index (κ2) is 8.17. The van der Waals surface area contributed by atoms with Gasteiger partial charge >= 0.3 is 0 Å². The van der Waals surface area contributed by atoms with Gasteiger partial charge in [0.05, 0.1) is 8.07 Å². The molecule has 5 rings (SSSR count). The maximum Gasteiger partial charge on any atom is 0.277 e. The molecule has 0 unspecified atom stereocenters. The van der Waals surface area contributed by atoms with Crippen LogP contribution in [0.15, 0.2) is 66.9 Å². The molecule has 0 radical (unpaired) electrons. The van der Waals surface area contributed by atoms with Crippen LogP contribution in [0.3, 0.4) is 0 Å². The Balaban J connectivity index is 1.71. The first-order valence-corrected chi connectivity index (χ1v) is 19.1. The Morgan fingerprint density at radius 1 is 0.886 bits per heavy atom. The minimum atomic E-state index is -2.17. The highest BCUT2D eigenvalue weighted by molar-refractivity contribution is 6.90.